The fourth-order valence-corrected chi connectivity index (χ4v) is 1.41. The molecule has 20 heavy (non-hydrogen) atoms. The summed E-state index contributed by atoms with van der Waals surface area (Å²) in [6.45, 7) is 9.10. The van der Waals surface area contributed by atoms with E-state index in [-0.39, 0.29) is 25.0 Å². The van der Waals surface area contributed by atoms with Crippen molar-refractivity contribution in [3.8, 4) is 0 Å². The third-order valence-electron chi connectivity index (χ3n) is 2.31. The first-order valence-electron chi connectivity index (χ1n) is 7.04. The van der Waals surface area contributed by atoms with Crippen LogP contribution in [0.3, 0.4) is 0 Å². The molecule has 0 aliphatic carbocycles. The van der Waals surface area contributed by atoms with E-state index in [1.165, 1.54) is 0 Å². The molecule has 118 valence electrons. The minimum atomic E-state index is -0.424. The zero-order valence-electron chi connectivity index (χ0n) is 12.8. The van der Waals surface area contributed by atoms with Crippen LogP contribution in [0.1, 0.15) is 40.5 Å². The highest BCUT2D eigenvalue weighted by Crippen LogP contribution is 2.02. The first-order valence-corrected chi connectivity index (χ1v) is 7.04. The van der Waals surface area contributed by atoms with Crippen molar-refractivity contribution in [1.29, 1.82) is 0 Å². The van der Waals surface area contributed by atoms with E-state index in [0.29, 0.717) is 26.4 Å². The molecule has 0 spiro atoms. The molecular weight excluding hydrogens is 264 g/mol. The first kappa shape index (κ1) is 18.9. The molecule has 0 saturated heterocycles. The lowest BCUT2D eigenvalue weighted by atomic mass is 10.3. The second-order valence-corrected chi connectivity index (χ2v) is 4.42. The van der Waals surface area contributed by atoms with Crippen molar-refractivity contribution in [2.75, 3.05) is 26.4 Å². The van der Waals surface area contributed by atoms with E-state index >= 15 is 0 Å². The highest BCUT2D eigenvalue weighted by atomic mass is 16.6. The lowest BCUT2D eigenvalue weighted by molar-refractivity contribution is -0.157. The highest BCUT2D eigenvalue weighted by Gasteiger charge is 2.14. The largest absolute Gasteiger partial charge is 0.460 e. The summed E-state index contributed by atoms with van der Waals surface area (Å²) in [4.78, 5) is 22.9. The second-order valence-electron chi connectivity index (χ2n) is 4.42. The molecule has 0 amide bonds. The van der Waals surface area contributed by atoms with Gasteiger partial charge in [0.05, 0.1) is 26.1 Å². The Hall–Kier alpha value is -1.14. The number of rotatable bonds is 11. The average molecular weight is 290 g/mol. The van der Waals surface area contributed by atoms with Gasteiger partial charge in [-0.3, -0.25) is 9.59 Å². The van der Waals surface area contributed by atoms with Gasteiger partial charge in [-0.15, -0.1) is 0 Å². The van der Waals surface area contributed by atoms with Gasteiger partial charge in [-0.05, 0) is 27.7 Å². The molecule has 6 heteroatoms. The fraction of sp³-hybridized carbons (Fsp3) is 0.857. The standard InChI is InChI=1S/C14H26O6/c1-5-17-9-11(3)19-13(15)7-8-14(16)20-12(4)10-18-6-2/h11-12H,5-10H2,1-4H3. The van der Waals surface area contributed by atoms with Gasteiger partial charge in [0.1, 0.15) is 12.2 Å². The van der Waals surface area contributed by atoms with Crippen molar-refractivity contribution in [3.63, 3.8) is 0 Å². The molecule has 6 nitrogen and oxygen atoms in total. The van der Waals surface area contributed by atoms with Crippen LogP contribution in [-0.4, -0.2) is 50.6 Å². The van der Waals surface area contributed by atoms with E-state index in [0.717, 1.165) is 0 Å². The molecule has 0 fully saturated rings. The predicted molar refractivity (Wildman–Crippen MR) is 73.3 cm³/mol. The average Bonchev–Trinajstić information content (AvgIpc) is 2.40. The summed E-state index contributed by atoms with van der Waals surface area (Å²) < 4.78 is 20.4. The summed E-state index contributed by atoms with van der Waals surface area (Å²) in [7, 11) is 0. The summed E-state index contributed by atoms with van der Waals surface area (Å²) in [6, 6.07) is 0. The van der Waals surface area contributed by atoms with Crippen LogP contribution in [0, 0.1) is 0 Å². The summed E-state index contributed by atoms with van der Waals surface area (Å²) in [5.41, 5.74) is 0. The SMILES string of the molecule is CCOCC(C)OC(=O)CCC(=O)OC(C)COCC. The van der Waals surface area contributed by atoms with Crippen molar-refractivity contribution >= 4 is 11.9 Å². The summed E-state index contributed by atoms with van der Waals surface area (Å²) >= 11 is 0. The van der Waals surface area contributed by atoms with Crippen molar-refractivity contribution in [2.24, 2.45) is 0 Å². The van der Waals surface area contributed by atoms with Gasteiger partial charge in [0.15, 0.2) is 0 Å². The van der Waals surface area contributed by atoms with Gasteiger partial charge < -0.3 is 18.9 Å². The van der Waals surface area contributed by atoms with Crippen LogP contribution in [0.25, 0.3) is 0 Å². The van der Waals surface area contributed by atoms with E-state index < -0.39 is 11.9 Å². The Morgan fingerprint density at radius 3 is 1.45 bits per heavy atom. The van der Waals surface area contributed by atoms with Crippen LogP contribution in [0.5, 0.6) is 0 Å². The van der Waals surface area contributed by atoms with E-state index in [1.54, 1.807) is 13.8 Å². The fourth-order valence-electron chi connectivity index (χ4n) is 1.41. The van der Waals surface area contributed by atoms with Crippen LogP contribution >= 0.6 is 0 Å². The smallest absolute Gasteiger partial charge is 0.306 e. The molecule has 0 aromatic carbocycles. The molecule has 0 aliphatic heterocycles. The van der Waals surface area contributed by atoms with Crippen LogP contribution in [0.15, 0.2) is 0 Å². The van der Waals surface area contributed by atoms with Crippen molar-refractivity contribution < 1.29 is 28.5 Å². The number of hydrogen-bond donors (Lipinski definition) is 0. The van der Waals surface area contributed by atoms with Gasteiger partial charge >= 0.3 is 11.9 Å². The van der Waals surface area contributed by atoms with Crippen LogP contribution in [0.2, 0.25) is 0 Å². The Kier molecular flexibility index (Phi) is 11.0. The third-order valence-corrected chi connectivity index (χ3v) is 2.31. The molecule has 0 aromatic heterocycles. The predicted octanol–water partition coefficient (Wildman–Crippen LogP) is 1.70. The Labute approximate surface area is 120 Å². The van der Waals surface area contributed by atoms with Gasteiger partial charge in [0, 0.05) is 13.2 Å². The topological polar surface area (TPSA) is 71.1 Å². The van der Waals surface area contributed by atoms with Crippen LogP contribution in [0.4, 0.5) is 0 Å². The van der Waals surface area contributed by atoms with Gasteiger partial charge in [0.25, 0.3) is 0 Å². The molecule has 0 bridgehead atoms. The molecule has 0 aromatic rings. The summed E-state index contributed by atoms with van der Waals surface area (Å²) in [5, 5.41) is 0. The number of carbonyl (C=O) groups excluding carboxylic acids is 2. The number of ether oxygens (including phenoxy) is 4. The van der Waals surface area contributed by atoms with Crippen LogP contribution in [-0.2, 0) is 28.5 Å². The van der Waals surface area contributed by atoms with E-state index in [2.05, 4.69) is 0 Å². The molecule has 0 rings (SSSR count). The zero-order chi connectivity index (χ0) is 15.4. The van der Waals surface area contributed by atoms with Crippen LogP contribution < -0.4 is 0 Å². The maximum atomic E-state index is 11.5. The lowest BCUT2D eigenvalue weighted by Gasteiger charge is -2.14. The van der Waals surface area contributed by atoms with E-state index in [1.807, 2.05) is 13.8 Å². The Bertz CT molecular complexity index is 251. The summed E-state index contributed by atoms with van der Waals surface area (Å²) in [6.07, 6.45) is -0.599. The van der Waals surface area contributed by atoms with E-state index in [4.69, 9.17) is 18.9 Å². The molecule has 0 heterocycles. The van der Waals surface area contributed by atoms with Crippen molar-refractivity contribution in [3.05, 3.63) is 0 Å². The molecule has 0 aliphatic rings. The minimum Gasteiger partial charge on any atom is -0.460 e. The number of carbonyl (C=O) groups is 2. The quantitative estimate of drug-likeness (QED) is 0.539. The molecule has 2 unspecified atom stereocenters. The van der Waals surface area contributed by atoms with Gasteiger partial charge in [-0.1, -0.05) is 0 Å². The maximum absolute atomic E-state index is 11.5. The van der Waals surface area contributed by atoms with Gasteiger partial charge in [-0.25, -0.2) is 0 Å². The first-order chi connectivity index (χ1) is 9.49. The second kappa shape index (κ2) is 11.7. The highest BCUT2D eigenvalue weighted by molar-refractivity contribution is 5.77. The maximum Gasteiger partial charge on any atom is 0.306 e. The summed E-state index contributed by atoms with van der Waals surface area (Å²) in [5.74, 6) is -0.849. The molecule has 0 N–H and O–H groups in total. The lowest BCUT2D eigenvalue weighted by Crippen LogP contribution is -2.23. The van der Waals surface area contributed by atoms with Gasteiger partial charge in [-0.2, -0.15) is 0 Å². The zero-order valence-corrected chi connectivity index (χ0v) is 12.8. The van der Waals surface area contributed by atoms with Crippen molar-refractivity contribution in [2.45, 2.75) is 52.7 Å². The monoisotopic (exact) mass is 290 g/mol. The number of hydrogen-bond acceptors (Lipinski definition) is 6. The molecule has 0 radical (unpaired) electrons. The van der Waals surface area contributed by atoms with Gasteiger partial charge in [0.2, 0.25) is 0 Å². The van der Waals surface area contributed by atoms with E-state index in [9.17, 15) is 9.59 Å². The molecular formula is C14H26O6. The minimum absolute atomic E-state index is 0.0106. The Balaban J connectivity index is 3.74. The molecule has 0 saturated carbocycles. The normalized spacial score (nSPS) is 13.6. The Morgan fingerprint density at radius 1 is 0.800 bits per heavy atom. The third kappa shape index (κ3) is 10.8. The van der Waals surface area contributed by atoms with Crippen molar-refractivity contribution in [1.82, 2.24) is 0 Å². The number of esters is 2. The Morgan fingerprint density at radius 2 is 1.15 bits per heavy atom. The molecule has 2 atom stereocenters.